The zero-order valence-corrected chi connectivity index (χ0v) is 12.7. The molecule has 0 bridgehead atoms. The molecule has 1 aliphatic carbocycles. The van der Waals surface area contributed by atoms with Gasteiger partial charge < -0.3 is 5.32 Å². The second kappa shape index (κ2) is 4.45. The van der Waals surface area contributed by atoms with Crippen molar-refractivity contribution in [1.82, 2.24) is 15.5 Å². The molecule has 1 aromatic heterocycles. The van der Waals surface area contributed by atoms with Crippen LogP contribution < -0.4 is 5.32 Å². The Kier molecular flexibility index (Phi) is 2.98. The van der Waals surface area contributed by atoms with E-state index in [0.717, 1.165) is 12.2 Å². The first-order valence-electron chi connectivity index (χ1n) is 7.25. The smallest absolute Gasteiger partial charge is 0.0695 e. The summed E-state index contributed by atoms with van der Waals surface area (Å²) in [5, 5.41) is 11.0. The van der Waals surface area contributed by atoms with Gasteiger partial charge in [-0.2, -0.15) is 5.10 Å². The number of rotatable bonds is 4. The molecule has 1 aromatic carbocycles. The third kappa shape index (κ3) is 1.97. The molecule has 2 aromatic rings. The third-order valence-corrected chi connectivity index (χ3v) is 5.30. The van der Waals surface area contributed by atoms with Gasteiger partial charge in [0.05, 0.1) is 11.9 Å². The number of nitrogens with one attached hydrogen (secondary N) is 2. The Labute approximate surface area is 120 Å². The Balaban J connectivity index is 1.73. The van der Waals surface area contributed by atoms with Crippen molar-refractivity contribution in [3.8, 4) is 11.3 Å². The maximum absolute atomic E-state index is 4.20. The Morgan fingerprint density at radius 3 is 2.35 bits per heavy atom. The topological polar surface area (TPSA) is 40.7 Å². The molecule has 3 heteroatoms. The average Bonchev–Trinajstić information content (AvgIpc) is 2.76. The minimum absolute atomic E-state index is 0.365. The van der Waals surface area contributed by atoms with E-state index in [0.29, 0.717) is 16.9 Å². The van der Waals surface area contributed by atoms with E-state index in [1.54, 1.807) is 0 Å². The van der Waals surface area contributed by atoms with E-state index in [1.807, 2.05) is 12.3 Å². The zero-order chi connectivity index (χ0) is 14.4. The lowest BCUT2D eigenvalue weighted by atomic mass is 10.0. The SMILES string of the molecule is CC1(C)C(NCc2cn[nH]c2-c2ccccc2)C1(C)C. The molecular formula is C17H23N3. The van der Waals surface area contributed by atoms with Crippen LogP contribution in [0.3, 0.4) is 0 Å². The summed E-state index contributed by atoms with van der Waals surface area (Å²) in [7, 11) is 0. The monoisotopic (exact) mass is 269 g/mol. The summed E-state index contributed by atoms with van der Waals surface area (Å²) in [5.74, 6) is 0. The molecule has 1 saturated carbocycles. The maximum atomic E-state index is 4.20. The van der Waals surface area contributed by atoms with Crippen LogP contribution in [-0.2, 0) is 6.54 Å². The summed E-state index contributed by atoms with van der Waals surface area (Å²) in [6.07, 6.45) is 1.93. The standard InChI is InChI=1S/C17H23N3/c1-16(2)15(17(16,3)4)18-10-13-11-19-20-14(13)12-8-6-5-7-9-12/h5-9,11,15,18H,10H2,1-4H3,(H,19,20). The third-order valence-electron chi connectivity index (χ3n) is 5.30. The molecule has 0 unspecified atom stereocenters. The fourth-order valence-corrected chi connectivity index (χ4v) is 3.22. The maximum Gasteiger partial charge on any atom is 0.0695 e. The molecule has 3 nitrogen and oxygen atoms in total. The highest BCUT2D eigenvalue weighted by Crippen LogP contribution is 2.62. The lowest BCUT2D eigenvalue weighted by molar-refractivity contribution is 0.457. The predicted octanol–water partition coefficient (Wildman–Crippen LogP) is 3.60. The number of aromatic amines is 1. The first-order valence-corrected chi connectivity index (χ1v) is 7.25. The number of H-pyrrole nitrogens is 1. The van der Waals surface area contributed by atoms with Gasteiger partial charge in [-0.3, -0.25) is 5.10 Å². The van der Waals surface area contributed by atoms with Crippen LogP contribution >= 0.6 is 0 Å². The predicted molar refractivity (Wildman–Crippen MR) is 82.2 cm³/mol. The molecule has 3 rings (SSSR count). The number of hydrogen-bond donors (Lipinski definition) is 2. The highest BCUT2D eigenvalue weighted by Gasteiger charge is 2.64. The Hall–Kier alpha value is -1.61. The number of benzene rings is 1. The molecule has 0 amide bonds. The summed E-state index contributed by atoms with van der Waals surface area (Å²) < 4.78 is 0. The minimum Gasteiger partial charge on any atom is -0.309 e. The second-order valence-electron chi connectivity index (χ2n) is 6.89. The van der Waals surface area contributed by atoms with Gasteiger partial charge in [-0.15, -0.1) is 0 Å². The zero-order valence-electron chi connectivity index (χ0n) is 12.7. The van der Waals surface area contributed by atoms with E-state index in [4.69, 9.17) is 0 Å². The summed E-state index contributed by atoms with van der Waals surface area (Å²) in [6.45, 7) is 10.2. The van der Waals surface area contributed by atoms with Gasteiger partial charge in [-0.1, -0.05) is 58.0 Å². The summed E-state index contributed by atoms with van der Waals surface area (Å²) >= 11 is 0. The first-order chi connectivity index (χ1) is 9.44. The second-order valence-corrected chi connectivity index (χ2v) is 6.89. The molecule has 0 spiro atoms. The lowest BCUT2D eigenvalue weighted by Crippen LogP contribution is -2.21. The molecule has 0 radical (unpaired) electrons. The number of nitrogens with zero attached hydrogens (tertiary/aromatic N) is 1. The van der Waals surface area contributed by atoms with E-state index in [9.17, 15) is 0 Å². The van der Waals surface area contributed by atoms with Crippen molar-refractivity contribution in [1.29, 1.82) is 0 Å². The van der Waals surface area contributed by atoms with E-state index >= 15 is 0 Å². The quantitative estimate of drug-likeness (QED) is 0.890. The molecule has 0 atom stereocenters. The molecule has 1 aliphatic rings. The van der Waals surface area contributed by atoms with E-state index < -0.39 is 0 Å². The van der Waals surface area contributed by atoms with Crippen molar-refractivity contribution in [3.05, 3.63) is 42.1 Å². The molecule has 1 fully saturated rings. The van der Waals surface area contributed by atoms with Crippen molar-refractivity contribution in [3.63, 3.8) is 0 Å². The number of aromatic nitrogens is 2. The van der Waals surface area contributed by atoms with E-state index in [2.05, 4.69) is 67.5 Å². The first kappa shape index (κ1) is 13.4. The minimum atomic E-state index is 0.365. The van der Waals surface area contributed by atoms with Crippen molar-refractivity contribution in [2.24, 2.45) is 10.8 Å². The largest absolute Gasteiger partial charge is 0.309 e. The molecule has 0 aliphatic heterocycles. The van der Waals surface area contributed by atoms with Crippen LogP contribution in [-0.4, -0.2) is 16.2 Å². The van der Waals surface area contributed by atoms with Crippen LogP contribution in [0, 0.1) is 10.8 Å². The van der Waals surface area contributed by atoms with Crippen molar-refractivity contribution < 1.29 is 0 Å². The van der Waals surface area contributed by atoms with Gasteiger partial charge in [0.1, 0.15) is 0 Å². The van der Waals surface area contributed by atoms with Crippen LogP contribution in [0.4, 0.5) is 0 Å². The average molecular weight is 269 g/mol. The van der Waals surface area contributed by atoms with Crippen LogP contribution in [0.5, 0.6) is 0 Å². The lowest BCUT2D eigenvalue weighted by Gasteiger charge is -2.07. The normalized spacial score (nSPS) is 20.0. The number of hydrogen-bond acceptors (Lipinski definition) is 2. The molecule has 2 N–H and O–H groups in total. The van der Waals surface area contributed by atoms with Crippen LogP contribution in [0.2, 0.25) is 0 Å². The summed E-state index contributed by atoms with van der Waals surface area (Å²) in [4.78, 5) is 0. The van der Waals surface area contributed by atoms with Gasteiger partial charge in [-0.05, 0) is 16.4 Å². The van der Waals surface area contributed by atoms with E-state index in [-0.39, 0.29) is 0 Å². The highest BCUT2D eigenvalue weighted by atomic mass is 15.1. The van der Waals surface area contributed by atoms with Crippen LogP contribution in [0.25, 0.3) is 11.3 Å². The molecular weight excluding hydrogens is 246 g/mol. The fraction of sp³-hybridized carbons (Fsp3) is 0.471. The molecule has 0 saturated heterocycles. The van der Waals surface area contributed by atoms with Crippen LogP contribution in [0.15, 0.2) is 36.5 Å². The van der Waals surface area contributed by atoms with Crippen LogP contribution in [0.1, 0.15) is 33.3 Å². The Bertz CT molecular complexity index is 582. The molecule has 106 valence electrons. The van der Waals surface area contributed by atoms with Crippen molar-refractivity contribution in [2.75, 3.05) is 0 Å². The summed E-state index contributed by atoms with van der Waals surface area (Å²) in [5.41, 5.74) is 4.27. The van der Waals surface area contributed by atoms with Gasteiger partial charge in [0.15, 0.2) is 0 Å². The highest BCUT2D eigenvalue weighted by molar-refractivity contribution is 5.62. The molecule has 20 heavy (non-hydrogen) atoms. The van der Waals surface area contributed by atoms with Gasteiger partial charge in [0.2, 0.25) is 0 Å². The fourth-order valence-electron chi connectivity index (χ4n) is 3.22. The van der Waals surface area contributed by atoms with E-state index in [1.165, 1.54) is 11.1 Å². The Morgan fingerprint density at radius 2 is 1.75 bits per heavy atom. The molecule has 1 heterocycles. The van der Waals surface area contributed by atoms with Gasteiger partial charge in [0, 0.05) is 18.2 Å². The Morgan fingerprint density at radius 1 is 1.10 bits per heavy atom. The van der Waals surface area contributed by atoms with Gasteiger partial charge in [0.25, 0.3) is 0 Å². The van der Waals surface area contributed by atoms with Crippen molar-refractivity contribution >= 4 is 0 Å². The summed E-state index contributed by atoms with van der Waals surface area (Å²) in [6, 6.07) is 10.9. The van der Waals surface area contributed by atoms with Crippen molar-refractivity contribution in [2.45, 2.75) is 40.3 Å². The van der Waals surface area contributed by atoms with Gasteiger partial charge in [-0.25, -0.2) is 0 Å². The van der Waals surface area contributed by atoms with Gasteiger partial charge >= 0.3 is 0 Å².